The van der Waals surface area contributed by atoms with Crippen LogP contribution in [0, 0.1) is 6.92 Å². The summed E-state index contributed by atoms with van der Waals surface area (Å²) < 4.78 is 37.6. The summed E-state index contributed by atoms with van der Waals surface area (Å²) in [4.78, 5) is 0. The number of hydrogen-bond acceptors (Lipinski definition) is 2. The van der Waals surface area contributed by atoms with E-state index in [1.807, 2.05) is 0 Å². The van der Waals surface area contributed by atoms with Crippen LogP contribution in [0.5, 0.6) is 0 Å². The van der Waals surface area contributed by atoms with E-state index in [0.29, 0.717) is 18.7 Å². The molecule has 18 heavy (non-hydrogen) atoms. The summed E-state index contributed by atoms with van der Waals surface area (Å²) in [6, 6.07) is 3.60. The van der Waals surface area contributed by atoms with Gasteiger partial charge in [-0.1, -0.05) is 6.07 Å². The standard InChI is InChI=1S/C13H18F3NO/c1-9-4-5-10(13(14,15)16)8-11(9)17-7-6-12(2,3)18/h4-5,8,17-18H,6-7H2,1-3H3. The minimum atomic E-state index is -4.33. The molecule has 0 aliphatic heterocycles. The van der Waals surface area contributed by atoms with Crippen LogP contribution in [-0.4, -0.2) is 17.3 Å². The van der Waals surface area contributed by atoms with Crippen molar-refractivity contribution >= 4 is 5.69 Å². The Hall–Kier alpha value is -1.23. The molecule has 2 nitrogen and oxygen atoms in total. The maximum Gasteiger partial charge on any atom is 0.416 e. The predicted octanol–water partition coefficient (Wildman–Crippen LogP) is 3.59. The molecule has 0 saturated heterocycles. The average molecular weight is 261 g/mol. The summed E-state index contributed by atoms with van der Waals surface area (Å²) in [6.45, 7) is 5.49. The second-order valence-electron chi connectivity index (χ2n) is 5.02. The van der Waals surface area contributed by atoms with E-state index in [4.69, 9.17) is 0 Å². The van der Waals surface area contributed by atoms with Crippen molar-refractivity contribution in [2.24, 2.45) is 0 Å². The van der Waals surface area contributed by atoms with Crippen molar-refractivity contribution in [2.75, 3.05) is 11.9 Å². The maximum atomic E-state index is 12.5. The van der Waals surface area contributed by atoms with Crippen LogP contribution in [0.2, 0.25) is 0 Å². The third kappa shape index (κ3) is 4.56. The Labute approximate surface area is 105 Å². The zero-order valence-corrected chi connectivity index (χ0v) is 10.7. The SMILES string of the molecule is Cc1ccc(C(F)(F)F)cc1NCCC(C)(C)O. The number of anilines is 1. The Morgan fingerprint density at radius 1 is 1.22 bits per heavy atom. The number of halogens is 3. The molecule has 0 saturated carbocycles. The average Bonchev–Trinajstić information content (AvgIpc) is 2.17. The van der Waals surface area contributed by atoms with Crippen molar-refractivity contribution in [1.29, 1.82) is 0 Å². The maximum absolute atomic E-state index is 12.5. The molecule has 0 amide bonds. The molecule has 5 heteroatoms. The topological polar surface area (TPSA) is 32.3 Å². The highest BCUT2D eigenvalue weighted by Gasteiger charge is 2.30. The van der Waals surface area contributed by atoms with Crippen LogP contribution in [-0.2, 0) is 6.18 Å². The van der Waals surface area contributed by atoms with Gasteiger partial charge in [0.1, 0.15) is 0 Å². The van der Waals surface area contributed by atoms with Crippen molar-refractivity contribution in [1.82, 2.24) is 0 Å². The van der Waals surface area contributed by atoms with Gasteiger partial charge in [0, 0.05) is 12.2 Å². The number of aryl methyl sites for hydroxylation is 1. The van der Waals surface area contributed by atoms with Gasteiger partial charge in [0.15, 0.2) is 0 Å². The molecule has 0 aliphatic rings. The fraction of sp³-hybridized carbons (Fsp3) is 0.538. The number of benzene rings is 1. The first-order chi connectivity index (χ1) is 8.09. The third-order valence-electron chi connectivity index (χ3n) is 2.62. The first kappa shape index (κ1) is 14.8. The van der Waals surface area contributed by atoms with E-state index < -0.39 is 17.3 Å². The number of nitrogens with one attached hydrogen (secondary N) is 1. The second kappa shape index (κ2) is 5.18. The number of hydrogen-bond donors (Lipinski definition) is 2. The van der Waals surface area contributed by atoms with Crippen molar-refractivity contribution in [3.63, 3.8) is 0 Å². The van der Waals surface area contributed by atoms with Gasteiger partial charge in [-0.2, -0.15) is 13.2 Å². The van der Waals surface area contributed by atoms with Crippen LogP contribution in [0.1, 0.15) is 31.4 Å². The van der Waals surface area contributed by atoms with Crippen molar-refractivity contribution in [3.8, 4) is 0 Å². The smallest absolute Gasteiger partial charge is 0.390 e. The fourth-order valence-electron chi connectivity index (χ4n) is 1.49. The molecular formula is C13H18F3NO. The van der Waals surface area contributed by atoms with Crippen molar-refractivity contribution in [3.05, 3.63) is 29.3 Å². The molecule has 1 aromatic carbocycles. The Bertz CT molecular complexity index is 408. The molecule has 1 rings (SSSR count). The van der Waals surface area contributed by atoms with E-state index >= 15 is 0 Å². The highest BCUT2D eigenvalue weighted by atomic mass is 19.4. The highest BCUT2D eigenvalue weighted by molar-refractivity contribution is 5.53. The van der Waals surface area contributed by atoms with Crippen LogP contribution in [0.3, 0.4) is 0 Å². The molecule has 0 unspecified atom stereocenters. The molecule has 1 aromatic rings. The Morgan fingerprint density at radius 2 is 1.83 bits per heavy atom. The van der Waals surface area contributed by atoms with Gasteiger partial charge in [-0.3, -0.25) is 0 Å². The summed E-state index contributed by atoms with van der Waals surface area (Å²) in [6.07, 6.45) is -3.87. The van der Waals surface area contributed by atoms with Gasteiger partial charge in [-0.15, -0.1) is 0 Å². The summed E-state index contributed by atoms with van der Waals surface area (Å²) in [5, 5.41) is 12.5. The monoisotopic (exact) mass is 261 g/mol. The van der Waals surface area contributed by atoms with E-state index in [2.05, 4.69) is 5.32 Å². The van der Waals surface area contributed by atoms with E-state index in [0.717, 1.165) is 17.7 Å². The lowest BCUT2D eigenvalue weighted by molar-refractivity contribution is -0.137. The molecule has 0 atom stereocenters. The minimum absolute atomic E-state index is 0.422. The van der Waals surface area contributed by atoms with Crippen LogP contribution in [0.25, 0.3) is 0 Å². The summed E-state index contributed by atoms with van der Waals surface area (Å²) in [5.74, 6) is 0. The van der Waals surface area contributed by atoms with E-state index in [-0.39, 0.29) is 0 Å². The van der Waals surface area contributed by atoms with Gasteiger partial charge in [0.05, 0.1) is 11.2 Å². The van der Waals surface area contributed by atoms with Crippen LogP contribution < -0.4 is 5.32 Å². The van der Waals surface area contributed by atoms with Crippen LogP contribution in [0.4, 0.5) is 18.9 Å². The molecule has 0 heterocycles. The van der Waals surface area contributed by atoms with Crippen LogP contribution in [0.15, 0.2) is 18.2 Å². The quantitative estimate of drug-likeness (QED) is 0.868. The Morgan fingerprint density at radius 3 is 2.33 bits per heavy atom. The summed E-state index contributed by atoms with van der Waals surface area (Å²) in [7, 11) is 0. The van der Waals surface area contributed by atoms with Gasteiger partial charge in [0.25, 0.3) is 0 Å². The first-order valence-electron chi connectivity index (χ1n) is 5.74. The van der Waals surface area contributed by atoms with Gasteiger partial charge in [-0.25, -0.2) is 0 Å². The molecule has 0 fully saturated rings. The van der Waals surface area contributed by atoms with Gasteiger partial charge < -0.3 is 10.4 Å². The van der Waals surface area contributed by atoms with Crippen molar-refractivity contribution in [2.45, 2.75) is 39.0 Å². The first-order valence-corrected chi connectivity index (χ1v) is 5.74. The number of rotatable bonds is 4. The number of alkyl halides is 3. The van der Waals surface area contributed by atoms with Crippen molar-refractivity contribution < 1.29 is 18.3 Å². The van der Waals surface area contributed by atoms with E-state index in [1.165, 1.54) is 6.07 Å². The van der Waals surface area contributed by atoms with E-state index in [1.54, 1.807) is 20.8 Å². The molecule has 102 valence electrons. The lowest BCUT2D eigenvalue weighted by Crippen LogP contribution is -2.23. The zero-order valence-electron chi connectivity index (χ0n) is 10.7. The predicted molar refractivity (Wildman–Crippen MR) is 65.6 cm³/mol. The lowest BCUT2D eigenvalue weighted by atomic mass is 10.1. The Balaban J connectivity index is 2.76. The number of aliphatic hydroxyl groups is 1. The van der Waals surface area contributed by atoms with Gasteiger partial charge in [-0.05, 0) is 44.9 Å². The molecule has 2 N–H and O–H groups in total. The molecule has 0 bridgehead atoms. The molecule has 0 radical (unpaired) electrons. The minimum Gasteiger partial charge on any atom is -0.390 e. The van der Waals surface area contributed by atoms with Gasteiger partial charge in [0.2, 0.25) is 0 Å². The molecule has 0 spiro atoms. The third-order valence-corrected chi connectivity index (χ3v) is 2.62. The summed E-state index contributed by atoms with van der Waals surface area (Å²) in [5.41, 5.74) is -0.297. The highest BCUT2D eigenvalue weighted by Crippen LogP contribution is 2.32. The van der Waals surface area contributed by atoms with Crippen LogP contribution >= 0.6 is 0 Å². The fourth-order valence-corrected chi connectivity index (χ4v) is 1.49. The molecule has 0 aliphatic carbocycles. The van der Waals surface area contributed by atoms with Gasteiger partial charge >= 0.3 is 6.18 Å². The Kier molecular flexibility index (Phi) is 4.27. The normalized spacial score (nSPS) is 12.6. The summed E-state index contributed by atoms with van der Waals surface area (Å²) >= 11 is 0. The zero-order chi connectivity index (χ0) is 14.0. The second-order valence-corrected chi connectivity index (χ2v) is 5.02. The largest absolute Gasteiger partial charge is 0.416 e. The lowest BCUT2D eigenvalue weighted by Gasteiger charge is -2.19. The van der Waals surface area contributed by atoms with E-state index in [9.17, 15) is 18.3 Å². The molecular weight excluding hydrogens is 243 g/mol. The molecule has 0 aromatic heterocycles.